The predicted molar refractivity (Wildman–Crippen MR) is 227 cm³/mol. The zero-order chi connectivity index (χ0) is 35.3. The molecule has 2 aromatic heterocycles. The van der Waals surface area contributed by atoms with Gasteiger partial charge in [0.25, 0.3) is 0 Å². The quantitative estimate of drug-likeness (QED) is 0.173. The Labute approximate surface area is 310 Å². The Hall–Kier alpha value is -7.16. The standard InChI is InChI=1S/C52H30O2/c1-2-12-41-39(10-1)40-11-3-4-13-42(40)47-29-37(20-22-43(41)47)32-9-7-8-31(26-32)33-16-17-35-28-36(19-18-34(35)27-33)38-21-25-50-48(30-38)46-24-23-45-44-14-5-6-15-49(44)53-51(45)52(46)54-50/h1-30H. The second kappa shape index (κ2) is 11.2. The molecule has 0 N–H and O–H groups in total. The molecule has 0 spiro atoms. The van der Waals surface area contributed by atoms with Crippen LogP contribution in [-0.4, -0.2) is 0 Å². The Bertz CT molecular complexity index is 3470. The van der Waals surface area contributed by atoms with Crippen molar-refractivity contribution in [1.29, 1.82) is 0 Å². The summed E-state index contributed by atoms with van der Waals surface area (Å²) in [6.07, 6.45) is 0. The van der Waals surface area contributed by atoms with Crippen molar-refractivity contribution < 1.29 is 8.83 Å². The van der Waals surface area contributed by atoms with Crippen molar-refractivity contribution in [3.63, 3.8) is 0 Å². The van der Waals surface area contributed by atoms with Gasteiger partial charge in [0.05, 0.1) is 0 Å². The maximum atomic E-state index is 6.41. The monoisotopic (exact) mass is 686 g/mol. The third-order valence-electron chi connectivity index (χ3n) is 11.4. The van der Waals surface area contributed by atoms with Crippen LogP contribution in [0.25, 0.3) is 120 Å². The van der Waals surface area contributed by atoms with Crippen molar-refractivity contribution in [2.45, 2.75) is 0 Å². The Morgan fingerprint density at radius 2 is 0.630 bits per heavy atom. The maximum absolute atomic E-state index is 6.41. The van der Waals surface area contributed by atoms with Crippen LogP contribution in [0.1, 0.15) is 0 Å². The predicted octanol–water partition coefficient (Wildman–Crippen LogP) is 15.1. The number of rotatable bonds is 3. The molecular formula is C52H30O2. The second-order valence-corrected chi connectivity index (χ2v) is 14.4. The lowest BCUT2D eigenvalue weighted by atomic mass is 9.91. The van der Waals surface area contributed by atoms with Crippen LogP contribution < -0.4 is 0 Å². The van der Waals surface area contributed by atoms with Crippen molar-refractivity contribution in [3.8, 4) is 33.4 Å². The van der Waals surface area contributed by atoms with Gasteiger partial charge in [-0.15, -0.1) is 0 Å². The van der Waals surface area contributed by atoms with Crippen LogP contribution in [-0.2, 0) is 0 Å². The molecular weight excluding hydrogens is 657 g/mol. The van der Waals surface area contributed by atoms with Gasteiger partial charge in [0.15, 0.2) is 11.2 Å². The SMILES string of the molecule is c1cc(-c2ccc3cc(-c4ccc5oc6c(ccc7c8ccccc8oc76)c5c4)ccc3c2)cc(-c2ccc3c4ccccc4c4ccccc4c3c2)c1. The minimum atomic E-state index is 0.800. The molecule has 12 rings (SSSR count). The fourth-order valence-corrected chi connectivity index (χ4v) is 8.77. The molecule has 0 amide bonds. The number of fused-ring (bicyclic) bond motifs is 14. The minimum absolute atomic E-state index is 0.800. The van der Waals surface area contributed by atoms with Gasteiger partial charge in [-0.05, 0) is 131 Å². The molecule has 2 nitrogen and oxygen atoms in total. The summed E-state index contributed by atoms with van der Waals surface area (Å²) in [6.45, 7) is 0. The van der Waals surface area contributed by atoms with E-state index in [9.17, 15) is 0 Å². The topological polar surface area (TPSA) is 26.3 Å². The van der Waals surface area contributed by atoms with E-state index in [2.05, 4.69) is 164 Å². The van der Waals surface area contributed by atoms with Crippen LogP contribution >= 0.6 is 0 Å². The molecule has 250 valence electrons. The first-order valence-electron chi connectivity index (χ1n) is 18.5. The summed E-state index contributed by atoms with van der Waals surface area (Å²) in [6, 6.07) is 65.9. The van der Waals surface area contributed by atoms with Crippen molar-refractivity contribution >= 4 is 87.0 Å². The van der Waals surface area contributed by atoms with E-state index in [0.29, 0.717) is 0 Å². The Balaban J connectivity index is 0.903. The molecule has 0 saturated carbocycles. The summed E-state index contributed by atoms with van der Waals surface area (Å²) in [5.74, 6) is 0. The number of benzene rings is 10. The van der Waals surface area contributed by atoms with Gasteiger partial charge in [-0.25, -0.2) is 0 Å². The van der Waals surface area contributed by atoms with E-state index in [-0.39, 0.29) is 0 Å². The number of para-hydroxylation sites is 1. The molecule has 54 heavy (non-hydrogen) atoms. The second-order valence-electron chi connectivity index (χ2n) is 14.4. The third-order valence-corrected chi connectivity index (χ3v) is 11.4. The van der Waals surface area contributed by atoms with Crippen LogP contribution in [0, 0.1) is 0 Å². The van der Waals surface area contributed by atoms with Crippen molar-refractivity contribution in [2.24, 2.45) is 0 Å². The lowest BCUT2D eigenvalue weighted by molar-refractivity contribution is 0.633. The first-order valence-corrected chi connectivity index (χ1v) is 18.5. The molecule has 0 fully saturated rings. The highest BCUT2D eigenvalue weighted by Crippen LogP contribution is 2.41. The highest BCUT2D eigenvalue weighted by atomic mass is 16.4. The summed E-state index contributed by atoms with van der Waals surface area (Å²) in [4.78, 5) is 0. The zero-order valence-electron chi connectivity index (χ0n) is 29.1. The normalized spacial score (nSPS) is 12.1. The van der Waals surface area contributed by atoms with E-state index in [1.54, 1.807) is 0 Å². The molecule has 2 heterocycles. The lowest BCUT2D eigenvalue weighted by Gasteiger charge is -2.13. The summed E-state index contributed by atoms with van der Waals surface area (Å²) >= 11 is 0. The highest BCUT2D eigenvalue weighted by molar-refractivity contribution is 6.26. The fraction of sp³-hybridized carbons (Fsp3) is 0. The molecule has 0 atom stereocenters. The van der Waals surface area contributed by atoms with Gasteiger partial charge >= 0.3 is 0 Å². The number of furan rings is 2. The summed E-state index contributed by atoms with van der Waals surface area (Å²) in [5, 5.41) is 14.5. The van der Waals surface area contributed by atoms with Crippen LogP contribution in [0.5, 0.6) is 0 Å². The van der Waals surface area contributed by atoms with E-state index in [0.717, 1.165) is 49.4 Å². The molecule has 12 aromatic rings. The van der Waals surface area contributed by atoms with Crippen molar-refractivity contribution in [2.75, 3.05) is 0 Å². The van der Waals surface area contributed by atoms with Gasteiger partial charge in [0, 0.05) is 21.5 Å². The first kappa shape index (κ1) is 29.4. The Morgan fingerprint density at radius 1 is 0.222 bits per heavy atom. The Kier molecular flexibility index (Phi) is 6.09. The van der Waals surface area contributed by atoms with Crippen LogP contribution in [0.3, 0.4) is 0 Å². The maximum Gasteiger partial charge on any atom is 0.178 e. The van der Waals surface area contributed by atoms with Gasteiger partial charge in [-0.1, -0.05) is 127 Å². The summed E-state index contributed by atoms with van der Waals surface area (Å²) < 4.78 is 12.7. The molecule has 0 unspecified atom stereocenters. The van der Waals surface area contributed by atoms with Gasteiger partial charge < -0.3 is 8.83 Å². The van der Waals surface area contributed by atoms with Crippen LogP contribution in [0.15, 0.2) is 191 Å². The third kappa shape index (κ3) is 4.34. The van der Waals surface area contributed by atoms with E-state index in [1.165, 1.54) is 70.9 Å². The van der Waals surface area contributed by atoms with E-state index in [1.807, 2.05) is 18.2 Å². The fourth-order valence-electron chi connectivity index (χ4n) is 8.77. The molecule has 0 bridgehead atoms. The molecule has 0 aliphatic carbocycles. The lowest BCUT2D eigenvalue weighted by Crippen LogP contribution is -1.86. The van der Waals surface area contributed by atoms with Gasteiger partial charge in [0.2, 0.25) is 0 Å². The largest absolute Gasteiger partial charge is 0.452 e. The summed E-state index contributed by atoms with van der Waals surface area (Å²) in [7, 11) is 0. The zero-order valence-corrected chi connectivity index (χ0v) is 29.1. The molecule has 2 heteroatoms. The van der Waals surface area contributed by atoms with E-state index < -0.39 is 0 Å². The van der Waals surface area contributed by atoms with Gasteiger partial charge in [-0.2, -0.15) is 0 Å². The van der Waals surface area contributed by atoms with Crippen LogP contribution in [0.2, 0.25) is 0 Å². The van der Waals surface area contributed by atoms with E-state index >= 15 is 0 Å². The minimum Gasteiger partial charge on any atom is -0.452 e. The molecule has 0 radical (unpaired) electrons. The highest BCUT2D eigenvalue weighted by Gasteiger charge is 2.17. The average molecular weight is 687 g/mol. The van der Waals surface area contributed by atoms with Gasteiger partial charge in [-0.3, -0.25) is 0 Å². The number of hydrogen-bond donors (Lipinski definition) is 0. The molecule has 10 aromatic carbocycles. The number of hydrogen-bond acceptors (Lipinski definition) is 2. The molecule has 0 aliphatic heterocycles. The molecule has 0 aliphatic rings. The smallest absolute Gasteiger partial charge is 0.178 e. The first-order chi connectivity index (χ1) is 26.7. The average Bonchev–Trinajstić information content (AvgIpc) is 3.82. The van der Waals surface area contributed by atoms with Crippen molar-refractivity contribution in [3.05, 3.63) is 182 Å². The Morgan fingerprint density at radius 3 is 1.26 bits per heavy atom. The molecule has 0 saturated heterocycles. The van der Waals surface area contributed by atoms with Crippen LogP contribution in [0.4, 0.5) is 0 Å². The van der Waals surface area contributed by atoms with E-state index in [4.69, 9.17) is 8.83 Å². The summed E-state index contributed by atoms with van der Waals surface area (Å²) in [5.41, 5.74) is 10.5. The van der Waals surface area contributed by atoms with Crippen molar-refractivity contribution in [1.82, 2.24) is 0 Å². The van der Waals surface area contributed by atoms with Gasteiger partial charge in [0.1, 0.15) is 11.2 Å².